The van der Waals surface area contributed by atoms with E-state index in [0.717, 1.165) is 53.2 Å². The van der Waals surface area contributed by atoms with Crippen LogP contribution < -0.4 is 10.6 Å². The summed E-state index contributed by atoms with van der Waals surface area (Å²) < 4.78 is 0. The first-order chi connectivity index (χ1) is 15.7. The van der Waals surface area contributed by atoms with Crippen molar-refractivity contribution in [3.8, 4) is 0 Å². The highest BCUT2D eigenvalue weighted by Crippen LogP contribution is 2.31. The quantitative estimate of drug-likeness (QED) is 0.473. The Kier molecular flexibility index (Phi) is 5.72. The van der Waals surface area contributed by atoms with E-state index in [2.05, 4.69) is 30.5 Å². The summed E-state index contributed by atoms with van der Waals surface area (Å²) in [5.74, 6) is 0.763. The Morgan fingerprint density at radius 2 is 1.88 bits per heavy atom. The number of amides is 1. The molecule has 7 nitrogen and oxygen atoms in total. The van der Waals surface area contributed by atoms with Crippen molar-refractivity contribution in [1.82, 2.24) is 19.9 Å². The van der Waals surface area contributed by atoms with Crippen LogP contribution in [0.1, 0.15) is 24.6 Å². The van der Waals surface area contributed by atoms with Gasteiger partial charge < -0.3 is 10.6 Å². The van der Waals surface area contributed by atoms with Gasteiger partial charge in [0.15, 0.2) is 0 Å². The molecular weight excluding hydrogens is 400 g/mol. The Bertz CT molecular complexity index is 1210. The van der Waals surface area contributed by atoms with E-state index < -0.39 is 0 Å². The number of likely N-dealkylation sites (tertiary alicyclic amines) is 1. The topological polar surface area (TPSA) is 83.0 Å². The van der Waals surface area contributed by atoms with E-state index in [1.54, 1.807) is 12.4 Å². The zero-order valence-corrected chi connectivity index (χ0v) is 17.6. The van der Waals surface area contributed by atoms with Gasteiger partial charge in [-0.25, -0.2) is 4.98 Å². The summed E-state index contributed by atoms with van der Waals surface area (Å²) in [6, 6.07) is 19.6. The summed E-state index contributed by atoms with van der Waals surface area (Å²) in [5, 5.41) is 7.28. The first kappa shape index (κ1) is 20.1. The maximum atomic E-state index is 12.7. The van der Waals surface area contributed by atoms with Crippen LogP contribution in [0.15, 0.2) is 79.3 Å². The lowest BCUT2D eigenvalue weighted by Crippen LogP contribution is -2.33. The van der Waals surface area contributed by atoms with Gasteiger partial charge in [-0.15, -0.1) is 0 Å². The van der Waals surface area contributed by atoms with Crippen molar-refractivity contribution >= 4 is 34.0 Å². The van der Waals surface area contributed by atoms with Gasteiger partial charge in [-0.2, -0.15) is 0 Å². The molecule has 2 N–H and O–H groups in total. The molecule has 0 unspecified atom stereocenters. The zero-order valence-electron chi connectivity index (χ0n) is 17.6. The van der Waals surface area contributed by atoms with Gasteiger partial charge in [0.25, 0.3) is 0 Å². The molecule has 5 rings (SSSR count). The SMILES string of the molecule is O=C(CN1CCC[C@H]1c1ccc(Nc2ccccn2)cn1)Nc1ccc2ncccc2c1. The van der Waals surface area contributed by atoms with Crippen LogP contribution in [0.5, 0.6) is 0 Å². The summed E-state index contributed by atoms with van der Waals surface area (Å²) in [6.07, 6.45) is 7.39. The molecule has 0 spiro atoms. The number of hydrogen-bond acceptors (Lipinski definition) is 6. The third kappa shape index (κ3) is 4.58. The van der Waals surface area contributed by atoms with Gasteiger partial charge in [-0.05, 0) is 67.9 Å². The number of anilines is 3. The maximum Gasteiger partial charge on any atom is 0.238 e. The van der Waals surface area contributed by atoms with Crippen molar-refractivity contribution in [2.24, 2.45) is 0 Å². The molecule has 0 saturated carbocycles. The number of fused-ring (bicyclic) bond motifs is 1. The van der Waals surface area contributed by atoms with Crippen LogP contribution in [-0.4, -0.2) is 38.8 Å². The molecule has 32 heavy (non-hydrogen) atoms. The highest BCUT2D eigenvalue weighted by atomic mass is 16.2. The Labute approximate surface area is 186 Å². The number of carbonyl (C=O) groups excluding carboxylic acids is 1. The van der Waals surface area contributed by atoms with Crippen LogP contribution in [0.3, 0.4) is 0 Å². The predicted molar refractivity (Wildman–Crippen MR) is 126 cm³/mol. The Morgan fingerprint density at radius 1 is 0.969 bits per heavy atom. The third-order valence-electron chi connectivity index (χ3n) is 5.66. The average molecular weight is 425 g/mol. The van der Waals surface area contributed by atoms with Crippen molar-refractivity contribution in [1.29, 1.82) is 0 Å². The second-order valence-corrected chi connectivity index (χ2v) is 7.90. The van der Waals surface area contributed by atoms with E-state index in [-0.39, 0.29) is 11.9 Å². The van der Waals surface area contributed by atoms with Gasteiger partial charge >= 0.3 is 0 Å². The molecular formula is C25H24N6O. The molecule has 1 aliphatic heterocycles. The van der Waals surface area contributed by atoms with Crippen LogP contribution in [0.2, 0.25) is 0 Å². The van der Waals surface area contributed by atoms with Crippen LogP contribution in [0, 0.1) is 0 Å². The zero-order chi connectivity index (χ0) is 21.8. The van der Waals surface area contributed by atoms with E-state index in [0.29, 0.717) is 6.54 Å². The molecule has 1 aliphatic rings. The van der Waals surface area contributed by atoms with Crippen molar-refractivity contribution < 1.29 is 4.79 Å². The minimum atomic E-state index is -0.0198. The highest BCUT2D eigenvalue weighted by molar-refractivity contribution is 5.94. The Balaban J connectivity index is 1.22. The molecule has 1 atom stereocenters. The molecule has 1 aromatic carbocycles. The first-order valence-electron chi connectivity index (χ1n) is 10.8. The normalized spacial score (nSPS) is 16.2. The second-order valence-electron chi connectivity index (χ2n) is 7.90. The number of nitrogens with zero attached hydrogens (tertiary/aromatic N) is 4. The second kappa shape index (κ2) is 9.11. The molecule has 0 bridgehead atoms. The number of aromatic nitrogens is 3. The van der Waals surface area contributed by atoms with E-state index in [1.165, 1.54) is 0 Å². The summed E-state index contributed by atoms with van der Waals surface area (Å²) in [4.78, 5) is 28.2. The largest absolute Gasteiger partial charge is 0.339 e. The molecule has 160 valence electrons. The summed E-state index contributed by atoms with van der Waals surface area (Å²) in [5.41, 5.74) is 3.57. The van der Waals surface area contributed by atoms with Gasteiger partial charge in [0.2, 0.25) is 5.91 Å². The molecule has 3 aromatic heterocycles. The van der Waals surface area contributed by atoms with Gasteiger partial charge in [-0.1, -0.05) is 12.1 Å². The lowest BCUT2D eigenvalue weighted by molar-refractivity contribution is -0.117. The fourth-order valence-electron chi connectivity index (χ4n) is 4.15. The molecule has 1 fully saturated rings. The fourth-order valence-corrected chi connectivity index (χ4v) is 4.15. The minimum Gasteiger partial charge on any atom is -0.339 e. The van der Waals surface area contributed by atoms with Gasteiger partial charge in [0, 0.05) is 23.5 Å². The lowest BCUT2D eigenvalue weighted by atomic mass is 10.1. The molecule has 7 heteroatoms. The number of rotatable bonds is 6. The molecule has 4 aromatic rings. The standard InChI is InChI=1S/C25H24N6O/c32-25(30-19-8-10-21-18(15-19)5-3-13-26-21)17-31-14-4-6-23(31)22-11-9-20(16-28-22)29-24-7-1-2-12-27-24/h1-3,5,7-13,15-16,23H,4,6,14,17H2,(H,27,29)(H,30,32)/t23-/m0/s1. The van der Waals surface area contributed by atoms with E-state index in [9.17, 15) is 4.79 Å². The summed E-state index contributed by atoms with van der Waals surface area (Å²) in [6.45, 7) is 1.22. The van der Waals surface area contributed by atoms with E-state index in [4.69, 9.17) is 0 Å². The van der Waals surface area contributed by atoms with Crippen LogP contribution in [0.25, 0.3) is 10.9 Å². The number of pyridine rings is 3. The smallest absolute Gasteiger partial charge is 0.238 e. The number of hydrogen-bond donors (Lipinski definition) is 2. The molecule has 1 amide bonds. The number of nitrogens with one attached hydrogen (secondary N) is 2. The predicted octanol–water partition coefficient (Wildman–Crippen LogP) is 4.54. The first-order valence-corrected chi connectivity index (χ1v) is 10.8. The van der Waals surface area contributed by atoms with Gasteiger partial charge in [-0.3, -0.25) is 19.7 Å². The minimum absolute atomic E-state index is 0.0198. The monoisotopic (exact) mass is 424 g/mol. The molecule has 0 aliphatic carbocycles. The Morgan fingerprint density at radius 3 is 2.72 bits per heavy atom. The molecule has 4 heterocycles. The van der Waals surface area contributed by atoms with Gasteiger partial charge in [0.1, 0.15) is 5.82 Å². The lowest BCUT2D eigenvalue weighted by Gasteiger charge is -2.23. The van der Waals surface area contributed by atoms with Crippen molar-refractivity contribution in [2.75, 3.05) is 23.7 Å². The van der Waals surface area contributed by atoms with Crippen molar-refractivity contribution in [2.45, 2.75) is 18.9 Å². The third-order valence-corrected chi connectivity index (χ3v) is 5.66. The van der Waals surface area contributed by atoms with Crippen LogP contribution >= 0.6 is 0 Å². The van der Waals surface area contributed by atoms with E-state index in [1.807, 2.05) is 66.9 Å². The maximum absolute atomic E-state index is 12.7. The van der Waals surface area contributed by atoms with Crippen LogP contribution in [-0.2, 0) is 4.79 Å². The summed E-state index contributed by atoms with van der Waals surface area (Å²) >= 11 is 0. The van der Waals surface area contributed by atoms with Crippen LogP contribution in [0.4, 0.5) is 17.2 Å². The Hall–Kier alpha value is -3.84. The molecule has 1 saturated heterocycles. The fraction of sp³-hybridized carbons (Fsp3) is 0.200. The average Bonchev–Trinajstić information content (AvgIpc) is 3.28. The number of benzene rings is 1. The highest BCUT2D eigenvalue weighted by Gasteiger charge is 2.28. The summed E-state index contributed by atoms with van der Waals surface area (Å²) in [7, 11) is 0. The van der Waals surface area contributed by atoms with Crippen molar-refractivity contribution in [3.63, 3.8) is 0 Å². The number of carbonyl (C=O) groups is 1. The van der Waals surface area contributed by atoms with Gasteiger partial charge in [0.05, 0.1) is 35.7 Å². The van der Waals surface area contributed by atoms with Crippen molar-refractivity contribution in [3.05, 3.63) is 84.9 Å². The van der Waals surface area contributed by atoms with E-state index >= 15 is 0 Å². The molecule has 0 radical (unpaired) electrons.